The standard InChI is InChI=1S/C24H31ClN2O3/c1-5-10-23(28)26-17-13-14-19(25)20(15-17)27-24(29)21(7-3)30-22-12-9-8-11-18(22)16(4)6-2/h8-9,11-16,21H,5-7,10H2,1-4H3,(H,26,28)(H,27,29). The van der Waals surface area contributed by atoms with E-state index in [0.29, 0.717) is 35.2 Å². The Kier molecular flexibility index (Phi) is 9.18. The molecule has 2 aromatic carbocycles. The van der Waals surface area contributed by atoms with Crippen LogP contribution in [0.1, 0.15) is 64.9 Å². The molecule has 0 spiro atoms. The molecule has 5 nitrogen and oxygen atoms in total. The highest BCUT2D eigenvalue weighted by molar-refractivity contribution is 6.34. The van der Waals surface area contributed by atoms with Crippen molar-refractivity contribution < 1.29 is 14.3 Å². The average molecular weight is 431 g/mol. The zero-order chi connectivity index (χ0) is 22.1. The summed E-state index contributed by atoms with van der Waals surface area (Å²) in [4.78, 5) is 24.8. The van der Waals surface area contributed by atoms with Gasteiger partial charge in [-0.05, 0) is 55.0 Å². The van der Waals surface area contributed by atoms with Gasteiger partial charge in [0.1, 0.15) is 5.75 Å². The molecular weight excluding hydrogens is 400 g/mol. The van der Waals surface area contributed by atoms with Gasteiger partial charge < -0.3 is 15.4 Å². The first-order chi connectivity index (χ1) is 14.4. The molecule has 2 unspecified atom stereocenters. The summed E-state index contributed by atoms with van der Waals surface area (Å²) in [5.41, 5.74) is 2.11. The quantitative estimate of drug-likeness (QED) is 0.459. The third kappa shape index (κ3) is 6.49. The summed E-state index contributed by atoms with van der Waals surface area (Å²) in [7, 11) is 0. The number of carbonyl (C=O) groups excluding carboxylic acids is 2. The van der Waals surface area contributed by atoms with Crippen LogP contribution in [-0.2, 0) is 9.59 Å². The Labute approximate surface area is 184 Å². The molecule has 0 aliphatic carbocycles. The van der Waals surface area contributed by atoms with Crippen molar-refractivity contribution in [3.63, 3.8) is 0 Å². The number of halogens is 1. The molecule has 162 valence electrons. The molecule has 0 saturated carbocycles. The van der Waals surface area contributed by atoms with Crippen LogP contribution in [-0.4, -0.2) is 17.9 Å². The maximum atomic E-state index is 12.9. The van der Waals surface area contributed by atoms with Crippen LogP contribution in [0.4, 0.5) is 11.4 Å². The normalized spacial score (nSPS) is 12.7. The Bertz CT molecular complexity index is 869. The van der Waals surface area contributed by atoms with Crippen LogP contribution in [0.5, 0.6) is 5.75 Å². The lowest BCUT2D eigenvalue weighted by atomic mass is 9.98. The summed E-state index contributed by atoms with van der Waals surface area (Å²) in [5, 5.41) is 6.05. The summed E-state index contributed by atoms with van der Waals surface area (Å²) in [6.07, 6.45) is 2.02. The van der Waals surface area contributed by atoms with E-state index in [0.717, 1.165) is 24.2 Å². The van der Waals surface area contributed by atoms with Crippen LogP contribution in [0.3, 0.4) is 0 Å². The molecule has 0 saturated heterocycles. The fourth-order valence-electron chi connectivity index (χ4n) is 3.05. The molecule has 2 amide bonds. The van der Waals surface area contributed by atoms with Gasteiger partial charge in [-0.3, -0.25) is 9.59 Å². The second kappa shape index (κ2) is 11.6. The smallest absolute Gasteiger partial charge is 0.265 e. The van der Waals surface area contributed by atoms with Crippen molar-refractivity contribution >= 4 is 34.8 Å². The zero-order valence-electron chi connectivity index (χ0n) is 18.1. The van der Waals surface area contributed by atoms with Crippen LogP contribution in [0.2, 0.25) is 5.02 Å². The highest BCUT2D eigenvalue weighted by atomic mass is 35.5. The number of anilines is 2. The number of carbonyl (C=O) groups is 2. The van der Waals surface area contributed by atoms with Gasteiger partial charge in [-0.25, -0.2) is 0 Å². The van der Waals surface area contributed by atoms with Gasteiger partial charge in [0.05, 0.1) is 10.7 Å². The monoisotopic (exact) mass is 430 g/mol. The summed E-state index contributed by atoms with van der Waals surface area (Å²) in [6, 6.07) is 12.8. The van der Waals surface area contributed by atoms with Crippen LogP contribution >= 0.6 is 11.6 Å². The number of benzene rings is 2. The number of amides is 2. The molecule has 2 N–H and O–H groups in total. The van der Waals surface area contributed by atoms with E-state index in [1.165, 1.54) is 0 Å². The van der Waals surface area contributed by atoms with E-state index < -0.39 is 6.10 Å². The first-order valence-corrected chi connectivity index (χ1v) is 10.9. The highest BCUT2D eigenvalue weighted by Gasteiger charge is 2.22. The van der Waals surface area contributed by atoms with E-state index in [1.807, 2.05) is 38.1 Å². The topological polar surface area (TPSA) is 67.4 Å². The minimum atomic E-state index is -0.662. The number of ether oxygens (including phenoxy) is 1. The second-order valence-corrected chi connectivity index (χ2v) is 7.75. The predicted octanol–water partition coefficient (Wildman–Crippen LogP) is 6.39. The van der Waals surface area contributed by atoms with Crippen LogP contribution in [0, 0.1) is 0 Å². The number of para-hydroxylation sites is 1. The van der Waals surface area contributed by atoms with Gasteiger partial charge in [-0.1, -0.05) is 57.5 Å². The molecule has 0 fully saturated rings. The number of hydrogen-bond acceptors (Lipinski definition) is 3. The maximum Gasteiger partial charge on any atom is 0.265 e. The van der Waals surface area contributed by atoms with Crippen molar-refractivity contribution in [2.75, 3.05) is 10.6 Å². The summed E-state index contributed by atoms with van der Waals surface area (Å²) in [6.45, 7) is 8.11. The SMILES string of the molecule is CCCC(=O)Nc1ccc(Cl)c(NC(=O)C(CC)Oc2ccccc2C(C)CC)c1. The fraction of sp³-hybridized carbons (Fsp3) is 0.417. The van der Waals surface area contributed by atoms with Gasteiger partial charge in [0.25, 0.3) is 5.91 Å². The van der Waals surface area contributed by atoms with Crippen molar-refractivity contribution in [3.05, 3.63) is 53.1 Å². The minimum absolute atomic E-state index is 0.0754. The third-order valence-electron chi connectivity index (χ3n) is 4.98. The van der Waals surface area contributed by atoms with Crippen molar-refractivity contribution in [3.8, 4) is 5.75 Å². The molecule has 30 heavy (non-hydrogen) atoms. The highest BCUT2D eigenvalue weighted by Crippen LogP contribution is 2.30. The van der Waals surface area contributed by atoms with Crippen molar-refractivity contribution in [2.45, 2.75) is 65.4 Å². The molecule has 0 heterocycles. The van der Waals surface area contributed by atoms with Crippen LogP contribution < -0.4 is 15.4 Å². The van der Waals surface area contributed by atoms with Gasteiger partial charge >= 0.3 is 0 Å². The Morgan fingerprint density at radius 2 is 1.77 bits per heavy atom. The Balaban J connectivity index is 2.15. The van der Waals surface area contributed by atoms with Crippen LogP contribution in [0.15, 0.2) is 42.5 Å². The molecular formula is C24H31ClN2O3. The van der Waals surface area contributed by atoms with Gasteiger partial charge in [0.15, 0.2) is 6.10 Å². The fourth-order valence-corrected chi connectivity index (χ4v) is 3.22. The first-order valence-electron chi connectivity index (χ1n) is 10.5. The first kappa shape index (κ1) is 23.7. The molecule has 6 heteroatoms. The molecule has 0 aliphatic rings. The van der Waals surface area contributed by atoms with Crippen LogP contribution in [0.25, 0.3) is 0 Å². The van der Waals surface area contributed by atoms with Crippen molar-refractivity contribution in [1.29, 1.82) is 0 Å². The lowest BCUT2D eigenvalue weighted by Gasteiger charge is -2.21. The maximum absolute atomic E-state index is 12.9. The van der Waals surface area contributed by atoms with Gasteiger partial charge in [0, 0.05) is 12.1 Å². The van der Waals surface area contributed by atoms with E-state index in [-0.39, 0.29) is 11.8 Å². The number of rotatable bonds is 10. The lowest BCUT2D eigenvalue weighted by molar-refractivity contribution is -0.122. The minimum Gasteiger partial charge on any atom is -0.480 e. The van der Waals surface area contributed by atoms with E-state index in [4.69, 9.17) is 16.3 Å². The molecule has 0 aliphatic heterocycles. The Morgan fingerprint density at radius 3 is 2.43 bits per heavy atom. The van der Waals surface area contributed by atoms with E-state index in [2.05, 4.69) is 24.5 Å². The van der Waals surface area contributed by atoms with Gasteiger partial charge in [-0.2, -0.15) is 0 Å². The van der Waals surface area contributed by atoms with Crippen molar-refractivity contribution in [1.82, 2.24) is 0 Å². The third-order valence-corrected chi connectivity index (χ3v) is 5.31. The molecule has 2 aromatic rings. The molecule has 0 aromatic heterocycles. The van der Waals surface area contributed by atoms with Gasteiger partial charge in [0.2, 0.25) is 5.91 Å². The number of hydrogen-bond donors (Lipinski definition) is 2. The zero-order valence-corrected chi connectivity index (χ0v) is 18.9. The second-order valence-electron chi connectivity index (χ2n) is 7.34. The largest absolute Gasteiger partial charge is 0.480 e. The predicted molar refractivity (Wildman–Crippen MR) is 123 cm³/mol. The van der Waals surface area contributed by atoms with E-state index in [1.54, 1.807) is 18.2 Å². The summed E-state index contributed by atoms with van der Waals surface area (Å²) < 4.78 is 6.09. The lowest BCUT2D eigenvalue weighted by Crippen LogP contribution is -2.32. The van der Waals surface area contributed by atoms with Crippen molar-refractivity contribution in [2.24, 2.45) is 0 Å². The van der Waals surface area contributed by atoms with Gasteiger partial charge in [-0.15, -0.1) is 0 Å². The molecule has 0 bridgehead atoms. The Morgan fingerprint density at radius 1 is 1.03 bits per heavy atom. The summed E-state index contributed by atoms with van der Waals surface area (Å²) >= 11 is 6.26. The molecule has 2 rings (SSSR count). The van der Waals surface area contributed by atoms with E-state index >= 15 is 0 Å². The van der Waals surface area contributed by atoms with E-state index in [9.17, 15) is 9.59 Å². The molecule has 2 atom stereocenters. The number of nitrogens with one attached hydrogen (secondary N) is 2. The molecule has 0 radical (unpaired) electrons. The average Bonchev–Trinajstić information content (AvgIpc) is 2.74. The summed E-state index contributed by atoms with van der Waals surface area (Å²) in [5.74, 6) is 0.698. The Hall–Kier alpha value is -2.53.